The average molecular weight is 470 g/mol. The van der Waals surface area contributed by atoms with Gasteiger partial charge in [-0.1, -0.05) is 58.4 Å². The molecule has 0 bridgehead atoms. The summed E-state index contributed by atoms with van der Waals surface area (Å²) in [5.41, 5.74) is 4.02. The third kappa shape index (κ3) is 13.1. The van der Waals surface area contributed by atoms with Crippen LogP contribution in [0.3, 0.4) is 0 Å². The number of unbranched alkanes of at least 4 members (excludes halogenated alkanes) is 8. The molecule has 0 aliphatic rings. The van der Waals surface area contributed by atoms with Gasteiger partial charge in [0.2, 0.25) is 0 Å². The Morgan fingerprint density at radius 1 is 0.529 bits per heavy atom. The van der Waals surface area contributed by atoms with Crippen LogP contribution in [0.1, 0.15) is 102 Å². The van der Waals surface area contributed by atoms with Gasteiger partial charge in [-0.3, -0.25) is 15.0 Å². The zero-order chi connectivity index (χ0) is 24.1. The molecule has 0 amide bonds. The van der Waals surface area contributed by atoms with E-state index in [0.717, 1.165) is 82.0 Å². The van der Waals surface area contributed by atoms with Gasteiger partial charge >= 0.3 is 0 Å². The van der Waals surface area contributed by atoms with Crippen molar-refractivity contribution in [3.8, 4) is 11.4 Å². The van der Waals surface area contributed by atoms with Gasteiger partial charge in [0.05, 0.1) is 17.6 Å². The number of aryl methyl sites for hydroxylation is 2. The van der Waals surface area contributed by atoms with Gasteiger partial charge in [0.1, 0.15) is 5.69 Å². The highest BCUT2D eigenvalue weighted by atomic mass is 16.5. The van der Waals surface area contributed by atoms with Gasteiger partial charge in [0.25, 0.3) is 0 Å². The second-order valence-corrected chi connectivity index (χ2v) is 9.20. The summed E-state index contributed by atoms with van der Waals surface area (Å²) in [6.45, 7) is 7.99. The summed E-state index contributed by atoms with van der Waals surface area (Å²) in [5.74, 6) is 0. The molecule has 0 radical (unpaired) electrons. The summed E-state index contributed by atoms with van der Waals surface area (Å²) < 4.78 is 11.4. The summed E-state index contributed by atoms with van der Waals surface area (Å²) in [5, 5.41) is 0. The van der Waals surface area contributed by atoms with Gasteiger partial charge in [-0.05, 0) is 63.0 Å². The fraction of sp³-hybridized carbons (Fsp3) is 0.690. The van der Waals surface area contributed by atoms with Gasteiger partial charge in [-0.2, -0.15) is 0 Å². The lowest BCUT2D eigenvalue weighted by Gasteiger charge is -2.06. The second-order valence-electron chi connectivity index (χ2n) is 9.20. The number of rotatable bonds is 21. The third-order valence-corrected chi connectivity index (χ3v) is 6.05. The van der Waals surface area contributed by atoms with E-state index < -0.39 is 0 Å². The fourth-order valence-corrected chi connectivity index (χ4v) is 3.85. The molecular formula is C29H47N3O2. The Balaban J connectivity index is 1.57. The highest BCUT2D eigenvalue weighted by Crippen LogP contribution is 2.15. The molecule has 0 unspecified atom stereocenters. The molecule has 0 atom stereocenters. The van der Waals surface area contributed by atoms with Gasteiger partial charge in [0.15, 0.2) is 0 Å². The number of aromatic nitrogens is 3. The monoisotopic (exact) mass is 469 g/mol. The summed E-state index contributed by atoms with van der Waals surface area (Å²) in [6, 6.07) is 4.22. The fourth-order valence-electron chi connectivity index (χ4n) is 3.85. The molecular weight excluding hydrogens is 422 g/mol. The van der Waals surface area contributed by atoms with E-state index >= 15 is 0 Å². The Hall–Kier alpha value is -1.85. The summed E-state index contributed by atoms with van der Waals surface area (Å²) in [7, 11) is 0. The molecule has 0 fully saturated rings. The average Bonchev–Trinajstić information content (AvgIpc) is 2.87. The van der Waals surface area contributed by atoms with Crippen molar-refractivity contribution in [3.05, 3.63) is 42.0 Å². The molecule has 2 aromatic heterocycles. The maximum absolute atomic E-state index is 5.73. The van der Waals surface area contributed by atoms with Crippen LogP contribution >= 0.6 is 0 Å². The van der Waals surface area contributed by atoms with Crippen LogP contribution in [-0.4, -0.2) is 41.4 Å². The zero-order valence-electron chi connectivity index (χ0n) is 21.8. The SMILES string of the molecule is CCCCCCOCCCCc1ccc(-c2cnc(CCCCOCCCCCC)cn2)nc1. The van der Waals surface area contributed by atoms with Crippen LogP contribution in [0, 0.1) is 0 Å². The minimum absolute atomic E-state index is 0.835. The van der Waals surface area contributed by atoms with Crippen LogP contribution < -0.4 is 0 Å². The Labute approximate surface area is 208 Å². The minimum atomic E-state index is 0.835. The lowest BCUT2D eigenvalue weighted by Crippen LogP contribution is -2.00. The van der Waals surface area contributed by atoms with E-state index in [1.54, 1.807) is 0 Å². The molecule has 2 rings (SSSR count). The van der Waals surface area contributed by atoms with Crippen molar-refractivity contribution in [2.24, 2.45) is 0 Å². The number of hydrogen-bond acceptors (Lipinski definition) is 5. The molecule has 5 nitrogen and oxygen atoms in total. The normalized spacial score (nSPS) is 11.2. The highest BCUT2D eigenvalue weighted by molar-refractivity contribution is 5.52. The molecule has 0 saturated heterocycles. The van der Waals surface area contributed by atoms with E-state index in [0.29, 0.717) is 0 Å². The molecule has 0 aromatic carbocycles. The molecule has 190 valence electrons. The first-order valence-electron chi connectivity index (χ1n) is 13.7. The van der Waals surface area contributed by atoms with Crippen molar-refractivity contribution in [1.29, 1.82) is 0 Å². The van der Waals surface area contributed by atoms with Gasteiger partial charge in [0, 0.05) is 38.8 Å². The largest absolute Gasteiger partial charge is 0.381 e. The Bertz CT molecular complexity index is 656. The van der Waals surface area contributed by atoms with Crippen LogP contribution in [-0.2, 0) is 22.3 Å². The van der Waals surface area contributed by atoms with Crippen LogP contribution in [0.25, 0.3) is 11.4 Å². The van der Waals surface area contributed by atoms with E-state index in [-0.39, 0.29) is 0 Å². The van der Waals surface area contributed by atoms with E-state index in [4.69, 9.17) is 9.47 Å². The summed E-state index contributed by atoms with van der Waals surface area (Å²) in [4.78, 5) is 13.8. The first kappa shape index (κ1) is 28.4. The third-order valence-electron chi connectivity index (χ3n) is 6.05. The Morgan fingerprint density at radius 2 is 1.12 bits per heavy atom. The predicted octanol–water partition coefficient (Wildman–Crippen LogP) is 7.38. The molecule has 5 heteroatoms. The van der Waals surface area contributed by atoms with E-state index in [1.807, 2.05) is 18.6 Å². The highest BCUT2D eigenvalue weighted by Gasteiger charge is 2.04. The zero-order valence-corrected chi connectivity index (χ0v) is 21.8. The van der Waals surface area contributed by atoms with Crippen molar-refractivity contribution < 1.29 is 9.47 Å². The van der Waals surface area contributed by atoms with Crippen molar-refractivity contribution in [3.63, 3.8) is 0 Å². The topological polar surface area (TPSA) is 57.1 Å². The predicted molar refractivity (Wildman–Crippen MR) is 141 cm³/mol. The number of pyridine rings is 1. The lowest BCUT2D eigenvalue weighted by atomic mass is 10.1. The Kier molecular flexibility index (Phi) is 16.2. The smallest absolute Gasteiger partial charge is 0.107 e. The summed E-state index contributed by atoms with van der Waals surface area (Å²) >= 11 is 0. The molecule has 0 aliphatic heterocycles. The van der Waals surface area contributed by atoms with E-state index in [2.05, 4.69) is 40.9 Å². The van der Waals surface area contributed by atoms with Crippen molar-refractivity contribution >= 4 is 0 Å². The maximum atomic E-state index is 5.73. The standard InChI is InChI=1S/C29H47N3O2/c1-3-5-7-11-19-33-21-13-9-15-26-17-18-28(31-23-26)29-25-30-27(24-32-29)16-10-14-22-34-20-12-8-6-4-2/h17-18,23-25H,3-16,19-22H2,1-2H3. The molecule has 0 aliphatic carbocycles. The van der Waals surface area contributed by atoms with Crippen LogP contribution in [0.2, 0.25) is 0 Å². The maximum Gasteiger partial charge on any atom is 0.107 e. The van der Waals surface area contributed by atoms with Crippen molar-refractivity contribution in [1.82, 2.24) is 15.0 Å². The van der Waals surface area contributed by atoms with Crippen LogP contribution in [0.4, 0.5) is 0 Å². The van der Waals surface area contributed by atoms with Crippen molar-refractivity contribution in [2.45, 2.75) is 104 Å². The van der Waals surface area contributed by atoms with Crippen LogP contribution in [0.15, 0.2) is 30.7 Å². The van der Waals surface area contributed by atoms with Gasteiger partial charge < -0.3 is 9.47 Å². The number of hydrogen-bond donors (Lipinski definition) is 0. The lowest BCUT2D eigenvalue weighted by molar-refractivity contribution is 0.126. The van der Waals surface area contributed by atoms with Gasteiger partial charge in [-0.15, -0.1) is 0 Å². The molecule has 0 spiro atoms. The van der Waals surface area contributed by atoms with Crippen LogP contribution in [0.5, 0.6) is 0 Å². The van der Waals surface area contributed by atoms with E-state index in [1.165, 1.54) is 56.9 Å². The first-order valence-corrected chi connectivity index (χ1v) is 13.7. The van der Waals surface area contributed by atoms with Gasteiger partial charge in [-0.25, -0.2) is 0 Å². The molecule has 34 heavy (non-hydrogen) atoms. The second kappa shape index (κ2) is 19.5. The minimum Gasteiger partial charge on any atom is -0.381 e. The van der Waals surface area contributed by atoms with E-state index in [9.17, 15) is 0 Å². The van der Waals surface area contributed by atoms with Crippen molar-refractivity contribution in [2.75, 3.05) is 26.4 Å². The molecule has 2 heterocycles. The molecule has 0 N–H and O–H groups in total. The quantitative estimate of drug-likeness (QED) is 0.179. The summed E-state index contributed by atoms with van der Waals surface area (Å²) in [6.07, 6.45) is 22.2. The molecule has 0 saturated carbocycles. The Morgan fingerprint density at radius 3 is 1.65 bits per heavy atom. The number of nitrogens with zero attached hydrogens (tertiary/aromatic N) is 3. The first-order chi connectivity index (χ1) is 16.8. The number of ether oxygens (including phenoxy) is 2. The molecule has 2 aromatic rings.